The molecule has 9 heteroatoms. The second-order valence-corrected chi connectivity index (χ2v) is 9.88. The van der Waals surface area contributed by atoms with Crippen molar-refractivity contribution in [1.29, 1.82) is 0 Å². The lowest BCUT2D eigenvalue weighted by Crippen LogP contribution is -2.62. The van der Waals surface area contributed by atoms with Gasteiger partial charge in [-0.25, -0.2) is 19.0 Å². The molecular formula is C27H32N2O7. The van der Waals surface area contributed by atoms with Crippen molar-refractivity contribution in [3.8, 4) is 0 Å². The van der Waals surface area contributed by atoms with E-state index in [-0.39, 0.29) is 6.42 Å². The summed E-state index contributed by atoms with van der Waals surface area (Å²) in [5, 5.41) is 13.8. The van der Waals surface area contributed by atoms with Crippen molar-refractivity contribution < 1.29 is 33.8 Å². The van der Waals surface area contributed by atoms with Crippen LogP contribution in [0.4, 0.5) is 4.79 Å². The van der Waals surface area contributed by atoms with Crippen molar-refractivity contribution in [2.24, 2.45) is 0 Å². The highest BCUT2D eigenvalue weighted by Gasteiger charge is 2.49. The van der Waals surface area contributed by atoms with E-state index in [0.29, 0.717) is 28.4 Å². The molecule has 0 aliphatic rings. The number of esters is 1. The molecule has 1 heterocycles. The van der Waals surface area contributed by atoms with Gasteiger partial charge in [0.25, 0.3) is 0 Å². The quantitative estimate of drug-likeness (QED) is 0.366. The van der Waals surface area contributed by atoms with E-state index >= 15 is 0 Å². The Bertz CT molecular complexity index is 1340. The predicted molar refractivity (Wildman–Crippen MR) is 135 cm³/mol. The summed E-state index contributed by atoms with van der Waals surface area (Å²) in [6.07, 6.45) is -0.938. The number of benzene rings is 2. The molecule has 9 nitrogen and oxygen atoms in total. The van der Waals surface area contributed by atoms with Crippen LogP contribution in [0.25, 0.3) is 21.8 Å². The van der Waals surface area contributed by atoms with Crippen LogP contribution in [-0.4, -0.2) is 50.9 Å². The molecule has 2 unspecified atom stereocenters. The lowest BCUT2D eigenvalue weighted by Gasteiger charge is -2.29. The second kappa shape index (κ2) is 10.0. The topological polar surface area (TPSA) is 124 Å². The summed E-state index contributed by atoms with van der Waals surface area (Å²) in [5.41, 5.74) is -1.36. The molecule has 0 aliphatic heterocycles. The SMILES string of the molecule is CCC(C)OC(=O)C(Cc1ccc2c(c1)c1ccccc1n2C(=O)OC(C)(C)C)(NC(C)=O)C(=O)O. The van der Waals surface area contributed by atoms with Crippen molar-refractivity contribution in [1.82, 2.24) is 9.88 Å². The Hall–Kier alpha value is -3.88. The fourth-order valence-corrected chi connectivity index (χ4v) is 3.99. The molecule has 1 aromatic heterocycles. The number of nitrogens with zero attached hydrogens (tertiary/aromatic N) is 1. The van der Waals surface area contributed by atoms with Crippen molar-refractivity contribution >= 4 is 45.7 Å². The van der Waals surface area contributed by atoms with Gasteiger partial charge in [-0.1, -0.05) is 31.2 Å². The predicted octanol–water partition coefficient (Wildman–Crippen LogP) is 4.42. The molecule has 0 fully saturated rings. The molecule has 2 aromatic carbocycles. The maximum atomic E-state index is 13.0. The number of amides is 1. The van der Waals surface area contributed by atoms with Crippen LogP contribution in [0.5, 0.6) is 0 Å². The van der Waals surface area contributed by atoms with E-state index in [1.54, 1.807) is 65.0 Å². The molecule has 0 radical (unpaired) electrons. The molecule has 0 saturated carbocycles. The van der Waals surface area contributed by atoms with Crippen molar-refractivity contribution in [2.45, 2.75) is 71.6 Å². The van der Waals surface area contributed by atoms with Gasteiger partial charge in [0.05, 0.1) is 17.1 Å². The van der Waals surface area contributed by atoms with Gasteiger partial charge in [0.2, 0.25) is 11.4 Å². The average Bonchev–Trinajstić information content (AvgIpc) is 3.10. The highest BCUT2D eigenvalue weighted by Crippen LogP contribution is 2.32. The van der Waals surface area contributed by atoms with E-state index in [0.717, 1.165) is 12.3 Å². The Morgan fingerprint density at radius 1 is 1.03 bits per heavy atom. The van der Waals surface area contributed by atoms with E-state index in [9.17, 15) is 24.3 Å². The molecule has 192 valence electrons. The normalized spacial score (nSPS) is 14.2. The zero-order valence-corrected chi connectivity index (χ0v) is 21.4. The Balaban J connectivity index is 2.15. The Morgan fingerprint density at radius 2 is 1.67 bits per heavy atom. The third kappa shape index (κ3) is 5.35. The van der Waals surface area contributed by atoms with Crippen LogP contribution in [0.1, 0.15) is 53.5 Å². The summed E-state index contributed by atoms with van der Waals surface area (Å²) < 4.78 is 12.4. The maximum absolute atomic E-state index is 13.0. The first kappa shape index (κ1) is 26.7. The van der Waals surface area contributed by atoms with Gasteiger partial charge in [-0.2, -0.15) is 0 Å². The lowest BCUT2D eigenvalue weighted by atomic mass is 9.89. The Kier molecular flexibility index (Phi) is 7.43. The van der Waals surface area contributed by atoms with Gasteiger partial charge >= 0.3 is 18.0 Å². The maximum Gasteiger partial charge on any atom is 0.419 e. The molecule has 2 N–H and O–H groups in total. The average molecular weight is 497 g/mol. The zero-order valence-electron chi connectivity index (χ0n) is 21.4. The number of hydrogen-bond donors (Lipinski definition) is 2. The van der Waals surface area contributed by atoms with E-state index < -0.39 is 41.2 Å². The van der Waals surface area contributed by atoms with Crippen LogP contribution in [-0.2, 0) is 30.3 Å². The van der Waals surface area contributed by atoms with Gasteiger partial charge in [-0.15, -0.1) is 0 Å². The summed E-state index contributed by atoms with van der Waals surface area (Å²) in [6.45, 7) is 9.93. The first-order valence-electron chi connectivity index (χ1n) is 11.8. The Labute approximate surface area is 209 Å². The second-order valence-electron chi connectivity index (χ2n) is 9.88. The van der Waals surface area contributed by atoms with Gasteiger partial charge in [-0.3, -0.25) is 4.79 Å². The number of fused-ring (bicyclic) bond motifs is 3. The number of aliphatic carboxylic acids is 1. The summed E-state index contributed by atoms with van der Waals surface area (Å²) in [6, 6.07) is 12.3. The van der Waals surface area contributed by atoms with Crippen molar-refractivity contribution in [3.63, 3.8) is 0 Å². The first-order valence-corrected chi connectivity index (χ1v) is 11.8. The number of hydrogen-bond acceptors (Lipinski definition) is 6. The van der Waals surface area contributed by atoms with Crippen molar-refractivity contribution in [2.75, 3.05) is 0 Å². The monoisotopic (exact) mass is 496 g/mol. The van der Waals surface area contributed by atoms with Gasteiger partial charge in [0.1, 0.15) is 5.60 Å². The van der Waals surface area contributed by atoms with Crippen LogP contribution in [0, 0.1) is 0 Å². The molecule has 3 aromatic rings. The summed E-state index contributed by atoms with van der Waals surface area (Å²) >= 11 is 0. The standard InChI is InChI=1S/C27H32N2O7/c1-7-16(2)35-24(33)27(23(31)32,28-17(3)30)15-18-12-13-22-20(14-18)19-10-8-9-11-21(19)29(22)25(34)36-26(4,5)6/h8-14,16H,7,15H2,1-6H3,(H,28,30)(H,31,32). The highest BCUT2D eigenvalue weighted by molar-refractivity contribution is 6.13. The van der Waals surface area contributed by atoms with Gasteiger partial charge in [0, 0.05) is 24.1 Å². The number of carboxylic acid groups (broad SMARTS) is 1. The van der Waals surface area contributed by atoms with E-state index in [1.807, 2.05) is 12.1 Å². The third-order valence-electron chi connectivity index (χ3n) is 5.77. The molecule has 0 aliphatic carbocycles. The Morgan fingerprint density at radius 3 is 2.25 bits per heavy atom. The smallest absolute Gasteiger partial charge is 0.419 e. The molecule has 0 bridgehead atoms. The minimum Gasteiger partial charge on any atom is -0.479 e. The number of carbonyl (C=O) groups excluding carboxylic acids is 3. The van der Waals surface area contributed by atoms with E-state index in [2.05, 4.69) is 5.32 Å². The largest absolute Gasteiger partial charge is 0.479 e. The summed E-state index contributed by atoms with van der Waals surface area (Å²) in [7, 11) is 0. The first-order chi connectivity index (χ1) is 16.8. The molecule has 0 spiro atoms. The van der Waals surface area contributed by atoms with E-state index in [4.69, 9.17) is 9.47 Å². The van der Waals surface area contributed by atoms with Gasteiger partial charge in [0.15, 0.2) is 0 Å². The van der Waals surface area contributed by atoms with Gasteiger partial charge < -0.3 is 19.9 Å². The fourth-order valence-electron chi connectivity index (χ4n) is 3.99. The third-order valence-corrected chi connectivity index (χ3v) is 5.77. The molecule has 0 saturated heterocycles. The van der Waals surface area contributed by atoms with Crippen LogP contribution in [0.15, 0.2) is 42.5 Å². The van der Waals surface area contributed by atoms with Crippen LogP contribution >= 0.6 is 0 Å². The lowest BCUT2D eigenvalue weighted by molar-refractivity contribution is -0.168. The number of aromatic nitrogens is 1. The highest BCUT2D eigenvalue weighted by atomic mass is 16.6. The van der Waals surface area contributed by atoms with E-state index in [1.165, 1.54) is 4.57 Å². The molecule has 3 rings (SSSR count). The number of rotatable bonds is 7. The fraction of sp³-hybridized carbons (Fsp3) is 0.407. The summed E-state index contributed by atoms with van der Waals surface area (Å²) in [4.78, 5) is 50.4. The molecule has 2 atom stereocenters. The van der Waals surface area contributed by atoms with Crippen LogP contribution in [0.3, 0.4) is 0 Å². The number of nitrogens with one attached hydrogen (secondary N) is 1. The molecule has 36 heavy (non-hydrogen) atoms. The number of para-hydroxylation sites is 1. The van der Waals surface area contributed by atoms with Crippen molar-refractivity contribution in [3.05, 3.63) is 48.0 Å². The van der Waals surface area contributed by atoms with Crippen LogP contribution < -0.4 is 5.32 Å². The summed E-state index contributed by atoms with van der Waals surface area (Å²) in [5.74, 6) is -3.25. The molecular weight excluding hydrogens is 464 g/mol. The number of ether oxygens (including phenoxy) is 2. The minimum atomic E-state index is -2.31. The van der Waals surface area contributed by atoms with Gasteiger partial charge in [-0.05, 0) is 57.9 Å². The zero-order chi connectivity index (χ0) is 26.8. The minimum absolute atomic E-state index is 0.348. The molecule has 1 amide bonds. The van der Waals surface area contributed by atoms with Crippen LogP contribution in [0.2, 0.25) is 0 Å². The number of carboxylic acids is 1. The number of carbonyl (C=O) groups is 4.